The number of fused-ring (bicyclic) bond motifs is 1. The van der Waals surface area contributed by atoms with Crippen LogP contribution in [-0.2, 0) is 6.54 Å². The third-order valence-corrected chi connectivity index (χ3v) is 4.70. The lowest BCUT2D eigenvalue weighted by atomic mass is 9.87. The normalized spacial score (nSPS) is 16.6. The van der Waals surface area contributed by atoms with Gasteiger partial charge in [-0.05, 0) is 40.9 Å². The number of aromatic nitrogens is 2. The van der Waals surface area contributed by atoms with Gasteiger partial charge in [0.05, 0.1) is 6.61 Å². The van der Waals surface area contributed by atoms with Crippen LogP contribution in [-0.4, -0.2) is 46.6 Å². The fourth-order valence-electron chi connectivity index (χ4n) is 3.19. The number of nitrogens with one attached hydrogen (secondary N) is 1. The van der Waals surface area contributed by atoms with E-state index in [1.165, 1.54) is 0 Å². The first kappa shape index (κ1) is 15.7. The number of hydrogen-bond acceptors (Lipinski definition) is 5. The van der Waals surface area contributed by atoms with Gasteiger partial charge in [0, 0.05) is 25.6 Å². The first-order valence-electron chi connectivity index (χ1n) is 7.93. The smallest absolute Gasteiger partial charge is 0.317 e. The molecule has 1 heterocycles. The lowest BCUT2D eigenvalue weighted by molar-refractivity contribution is 0.126. The molecular weight excluding hydrogens is 296 g/mol. The summed E-state index contributed by atoms with van der Waals surface area (Å²) in [5.74, 6) is 0. The fourth-order valence-corrected chi connectivity index (χ4v) is 3.19. The molecule has 0 radical (unpaired) electrons. The topological polar surface area (TPSA) is 91.5 Å². The molecule has 7 heteroatoms. The summed E-state index contributed by atoms with van der Waals surface area (Å²) in [6, 6.07) is 5.46. The number of aliphatic hydroxyl groups is 1. The van der Waals surface area contributed by atoms with Gasteiger partial charge in [-0.3, -0.25) is 0 Å². The molecule has 1 aliphatic carbocycles. The summed E-state index contributed by atoms with van der Waals surface area (Å²) in [4.78, 5) is 13.9. The van der Waals surface area contributed by atoms with Gasteiger partial charge in [-0.25, -0.2) is 9.42 Å². The summed E-state index contributed by atoms with van der Waals surface area (Å²) in [5, 5.41) is 20.1. The SMILES string of the molecule is CN(Cc1ccc2nonc2c1)C(=O)NCC1(CO)CCCC1. The van der Waals surface area contributed by atoms with Crippen molar-refractivity contribution < 1.29 is 14.5 Å². The number of aliphatic hydroxyl groups excluding tert-OH is 1. The lowest BCUT2D eigenvalue weighted by Gasteiger charge is -2.28. The standard InChI is InChI=1S/C16H22N4O3/c1-20(9-12-4-5-13-14(8-12)19-23-18-13)15(22)17-10-16(11-21)6-2-3-7-16/h4-5,8,21H,2-3,6-7,9-11H2,1H3,(H,17,22). The number of urea groups is 1. The molecular formula is C16H22N4O3. The maximum atomic E-state index is 12.3. The van der Waals surface area contributed by atoms with E-state index in [0.717, 1.165) is 31.2 Å². The zero-order chi connectivity index (χ0) is 16.3. The quantitative estimate of drug-likeness (QED) is 0.879. The van der Waals surface area contributed by atoms with Gasteiger partial charge >= 0.3 is 6.03 Å². The number of nitrogens with zero attached hydrogens (tertiary/aromatic N) is 3. The number of hydrogen-bond donors (Lipinski definition) is 2. The molecule has 1 aliphatic rings. The van der Waals surface area contributed by atoms with Crippen LogP contribution in [0.1, 0.15) is 31.2 Å². The van der Waals surface area contributed by atoms with Crippen LogP contribution in [0.15, 0.2) is 22.8 Å². The van der Waals surface area contributed by atoms with Crippen LogP contribution in [0, 0.1) is 5.41 Å². The van der Waals surface area contributed by atoms with E-state index in [-0.39, 0.29) is 18.1 Å². The molecule has 124 valence electrons. The van der Waals surface area contributed by atoms with Gasteiger partial charge in [0.2, 0.25) is 0 Å². The molecule has 3 rings (SSSR count). The highest BCUT2D eigenvalue weighted by Gasteiger charge is 2.33. The van der Waals surface area contributed by atoms with Crippen LogP contribution >= 0.6 is 0 Å². The van der Waals surface area contributed by atoms with Gasteiger partial charge in [-0.15, -0.1) is 0 Å². The van der Waals surface area contributed by atoms with Crippen LogP contribution in [0.25, 0.3) is 11.0 Å². The number of carbonyl (C=O) groups is 1. The molecule has 2 aromatic rings. The van der Waals surface area contributed by atoms with Gasteiger partial charge in [0.25, 0.3) is 0 Å². The van der Waals surface area contributed by atoms with Crippen molar-refractivity contribution in [2.45, 2.75) is 32.2 Å². The van der Waals surface area contributed by atoms with Crippen molar-refractivity contribution in [3.63, 3.8) is 0 Å². The summed E-state index contributed by atoms with van der Waals surface area (Å²) in [6.45, 7) is 1.13. The fraction of sp³-hybridized carbons (Fsp3) is 0.562. The van der Waals surface area contributed by atoms with E-state index in [4.69, 9.17) is 0 Å². The molecule has 0 aliphatic heterocycles. The Hall–Kier alpha value is -2.15. The predicted octanol–water partition coefficient (Wildman–Crippen LogP) is 1.92. The Bertz CT molecular complexity index is 679. The molecule has 0 unspecified atom stereocenters. The highest BCUT2D eigenvalue weighted by molar-refractivity contribution is 5.75. The maximum absolute atomic E-state index is 12.3. The Kier molecular flexibility index (Phi) is 4.47. The van der Waals surface area contributed by atoms with Crippen LogP contribution in [0.2, 0.25) is 0 Å². The molecule has 1 aromatic carbocycles. The lowest BCUT2D eigenvalue weighted by Crippen LogP contribution is -2.43. The third-order valence-electron chi connectivity index (χ3n) is 4.70. The summed E-state index contributed by atoms with van der Waals surface area (Å²) < 4.78 is 4.67. The molecule has 0 spiro atoms. The minimum Gasteiger partial charge on any atom is -0.396 e. The minimum absolute atomic E-state index is 0.132. The van der Waals surface area contributed by atoms with Crippen LogP contribution < -0.4 is 5.32 Å². The Morgan fingerprint density at radius 2 is 2.09 bits per heavy atom. The maximum Gasteiger partial charge on any atom is 0.317 e. The van der Waals surface area contributed by atoms with Crippen molar-refractivity contribution >= 4 is 17.1 Å². The van der Waals surface area contributed by atoms with E-state index < -0.39 is 0 Å². The van der Waals surface area contributed by atoms with E-state index in [2.05, 4.69) is 20.3 Å². The highest BCUT2D eigenvalue weighted by atomic mass is 16.6. The molecule has 1 fully saturated rings. The molecule has 0 bridgehead atoms. The molecule has 2 N–H and O–H groups in total. The first-order chi connectivity index (χ1) is 11.1. The number of rotatable bonds is 5. The number of amides is 2. The van der Waals surface area contributed by atoms with Gasteiger partial charge in [0.15, 0.2) is 0 Å². The molecule has 23 heavy (non-hydrogen) atoms. The highest BCUT2D eigenvalue weighted by Crippen LogP contribution is 2.36. The van der Waals surface area contributed by atoms with Crippen LogP contribution in [0.3, 0.4) is 0 Å². The van der Waals surface area contributed by atoms with Crippen molar-refractivity contribution in [3.8, 4) is 0 Å². The van der Waals surface area contributed by atoms with E-state index >= 15 is 0 Å². The van der Waals surface area contributed by atoms with Crippen LogP contribution in [0.4, 0.5) is 4.79 Å². The zero-order valence-corrected chi connectivity index (χ0v) is 13.3. The average Bonchev–Trinajstić information content (AvgIpc) is 3.21. The summed E-state index contributed by atoms with van der Waals surface area (Å²) in [7, 11) is 1.75. The molecule has 1 aromatic heterocycles. The molecule has 0 atom stereocenters. The summed E-state index contributed by atoms with van der Waals surface area (Å²) in [5.41, 5.74) is 2.21. The van der Waals surface area contributed by atoms with Crippen molar-refractivity contribution in [2.75, 3.05) is 20.2 Å². The van der Waals surface area contributed by atoms with E-state index in [9.17, 15) is 9.90 Å². The second-order valence-corrected chi connectivity index (χ2v) is 6.47. The van der Waals surface area contributed by atoms with E-state index in [0.29, 0.717) is 24.1 Å². The van der Waals surface area contributed by atoms with E-state index in [1.807, 2.05) is 18.2 Å². The Morgan fingerprint density at radius 1 is 1.35 bits per heavy atom. The van der Waals surface area contributed by atoms with Gasteiger partial charge in [-0.2, -0.15) is 0 Å². The van der Waals surface area contributed by atoms with E-state index in [1.54, 1.807) is 11.9 Å². The zero-order valence-electron chi connectivity index (χ0n) is 13.3. The molecule has 1 saturated carbocycles. The third kappa shape index (κ3) is 3.44. The molecule has 7 nitrogen and oxygen atoms in total. The Balaban J connectivity index is 1.56. The van der Waals surface area contributed by atoms with Crippen molar-refractivity contribution in [1.29, 1.82) is 0 Å². The summed E-state index contributed by atoms with van der Waals surface area (Å²) in [6.07, 6.45) is 4.20. The van der Waals surface area contributed by atoms with Crippen molar-refractivity contribution in [3.05, 3.63) is 23.8 Å². The Morgan fingerprint density at radius 3 is 2.83 bits per heavy atom. The van der Waals surface area contributed by atoms with Crippen LogP contribution in [0.5, 0.6) is 0 Å². The van der Waals surface area contributed by atoms with Crippen molar-refractivity contribution in [1.82, 2.24) is 20.5 Å². The largest absolute Gasteiger partial charge is 0.396 e. The van der Waals surface area contributed by atoms with Gasteiger partial charge < -0.3 is 15.3 Å². The first-order valence-corrected chi connectivity index (χ1v) is 7.93. The second-order valence-electron chi connectivity index (χ2n) is 6.47. The van der Waals surface area contributed by atoms with Gasteiger partial charge in [0.1, 0.15) is 11.0 Å². The predicted molar refractivity (Wildman–Crippen MR) is 84.7 cm³/mol. The molecule has 2 amide bonds. The van der Waals surface area contributed by atoms with Crippen molar-refractivity contribution in [2.24, 2.45) is 5.41 Å². The molecule has 0 saturated heterocycles. The minimum atomic E-state index is -0.137. The summed E-state index contributed by atoms with van der Waals surface area (Å²) >= 11 is 0. The Labute approximate surface area is 134 Å². The second kappa shape index (κ2) is 6.54. The van der Waals surface area contributed by atoms with Gasteiger partial charge in [-0.1, -0.05) is 18.9 Å². The average molecular weight is 318 g/mol. The monoisotopic (exact) mass is 318 g/mol. The number of carbonyl (C=O) groups excluding carboxylic acids is 1. The number of benzene rings is 1.